The second-order valence-electron chi connectivity index (χ2n) is 11.3. The normalized spacial score (nSPS) is 19.2. The molecule has 2 unspecified atom stereocenters. The number of ether oxygens (including phenoxy) is 2. The van der Waals surface area contributed by atoms with Gasteiger partial charge in [-0.1, -0.05) is 74.5 Å². The van der Waals surface area contributed by atoms with Crippen molar-refractivity contribution in [1.29, 1.82) is 0 Å². The zero-order valence-electron chi connectivity index (χ0n) is 26.6. The molecule has 0 amide bonds. The maximum absolute atomic E-state index is 12.7. The van der Waals surface area contributed by atoms with Gasteiger partial charge in [-0.2, -0.15) is 0 Å². The van der Waals surface area contributed by atoms with Gasteiger partial charge < -0.3 is 14.6 Å². The molecule has 0 saturated carbocycles. The molecule has 0 aromatic heterocycles. The standard InChI is InChI=1S/C32H47N3O4.C2H6O/c1-6-35(7-2)32(5)24-33(26(3)20-30(36)38-22-28-14-10-8-11-15-28)18-19-34(25-32)27(4)21-31(37)39-23-29-16-12-9-13-17-29;1-2-3/h8-17,26-27H,6-7,18-25H2,1-5H3;3H,2H2,1H3. The molecule has 0 spiro atoms. The van der Waals surface area contributed by atoms with Crippen LogP contribution in [0.15, 0.2) is 60.7 Å². The van der Waals surface area contributed by atoms with E-state index < -0.39 is 0 Å². The van der Waals surface area contributed by atoms with Crippen LogP contribution in [0.4, 0.5) is 0 Å². The molecular formula is C34H53N3O5. The van der Waals surface area contributed by atoms with Crippen LogP contribution in [0.5, 0.6) is 0 Å². The van der Waals surface area contributed by atoms with Crippen LogP contribution < -0.4 is 0 Å². The highest BCUT2D eigenvalue weighted by molar-refractivity contribution is 5.70. The van der Waals surface area contributed by atoms with Crippen molar-refractivity contribution >= 4 is 11.9 Å². The highest BCUT2D eigenvalue weighted by Crippen LogP contribution is 2.25. The predicted molar refractivity (Wildman–Crippen MR) is 168 cm³/mol. The minimum atomic E-state index is -0.175. The number of hydrogen-bond acceptors (Lipinski definition) is 8. The van der Waals surface area contributed by atoms with E-state index in [9.17, 15) is 9.59 Å². The Morgan fingerprint density at radius 1 is 0.786 bits per heavy atom. The SMILES string of the molecule is CCN(CC)C1(C)CN(C(C)CC(=O)OCc2ccccc2)CCN(C(C)CC(=O)OCc2ccccc2)C1.CCO. The van der Waals surface area contributed by atoms with Gasteiger partial charge in [-0.15, -0.1) is 0 Å². The average Bonchev–Trinajstić information content (AvgIpc) is 3.17. The Morgan fingerprint density at radius 2 is 1.14 bits per heavy atom. The van der Waals surface area contributed by atoms with Crippen molar-refractivity contribution in [1.82, 2.24) is 14.7 Å². The Bertz CT molecular complexity index is 958. The minimum Gasteiger partial charge on any atom is -0.461 e. The first-order valence-corrected chi connectivity index (χ1v) is 15.4. The molecule has 1 heterocycles. The van der Waals surface area contributed by atoms with Gasteiger partial charge in [-0.05, 0) is 51.9 Å². The summed E-state index contributed by atoms with van der Waals surface area (Å²) in [4.78, 5) is 32.7. The lowest BCUT2D eigenvalue weighted by molar-refractivity contribution is -0.147. The summed E-state index contributed by atoms with van der Waals surface area (Å²) < 4.78 is 11.2. The molecule has 1 N–H and O–H groups in total. The molecular weight excluding hydrogens is 530 g/mol. The van der Waals surface area contributed by atoms with Crippen LogP contribution in [0.25, 0.3) is 0 Å². The van der Waals surface area contributed by atoms with Gasteiger partial charge in [0.1, 0.15) is 13.2 Å². The van der Waals surface area contributed by atoms with Gasteiger partial charge in [-0.3, -0.25) is 24.3 Å². The van der Waals surface area contributed by atoms with E-state index >= 15 is 0 Å². The fourth-order valence-electron chi connectivity index (χ4n) is 5.61. The van der Waals surface area contributed by atoms with Crippen LogP contribution in [0, 0.1) is 0 Å². The molecule has 0 aliphatic carbocycles. The largest absolute Gasteiger partial charge is 0.461 e. The lowest BCUT2D eigenvalue weighted by Gasteiger charge is -2.45. The molecule has 0 radical (unpaired) electrons. The summed E-state index contributed by atoms with van der Waals surface area (Å²) in [6.45, 7) is 18.7. The van der Waals surface area contributed by atoms with Crippen molar-refractivity contribution in [3.05, 3.63) is 71.8 Å². The third-order valence-electron chi connectivity index (χ3n) is 7.94. The molecule has 1 fully saturated rings. The van der Waals surface area contributed by atoms with Crippen molar-refractivity contribution < 1.29 is 24.2 Å². The minimum absolute atomic E-state index is 0.0502. The van der Waals surface area contributed by atoms with E-state index in [-0.39, 0.29) is 36.2 Å². The summed E-state index contributed by atoms with van der Waals surface area (Å²) in [5.41, 5.74) is 1.87. The molecule has 8 heteroatoms. The van der Waals surface area contributed by atoms with Crippen molar-refractivity contribution in [3.63, 3.8) is 0 Å². The average molecular weight is 584 g/mol. The zero-order chi connectivity index (χ0) is 31.0. The number of benzene rings is 2. The van der Waals surface area contributed by atoms with Crippen LogP contribution in [0.3, 0.4) is 0 Å². The highest BCUT2D eigenvalue weighted by Gasteiger charge is 2.39. The summed E-state index contributed by atoms with van der Waals surface area (Å²) in [5.74, 6) is -0.349. The zero-order valence-corrected chi connectivity index (χ0v) is 26.6. The number of aliphatic hydroxyl groups is 1. The molecule has 1 saturated heterocycles. The number of carbonyl (C=O) groups is 2. The molecule has 0 bridgehead atoms. The van der Waals surface area contributed by atoms with Crippen LogP contribution >= 0.6 is 0 Å². The Morgan fingerprint density at radius 3 is 1.48 bits per heavy atom. The number of aliphatic hydroxyl groups excluding tert-OH is 1. The van der Waals surface area contributed by atoms with Crippen LogP contribution in [-0.2, 0) is 32.3 Å². The van der Waals surface area contributed by atoms with Gasteiger partial charge in [0.2, 0.25) is 0 Å². The molecule has 3 rings (SSSR count). The van der Waals surface area contributed by atoms with Gasteiger partial charge in [0.25, 0.3) is 0 Å². The Hall–Kier alpha value is -2.78. The molecule has 1 aliphatic rings. The fraction of sp³-hybridized carbons (Fsp3) is 0.588. The van der Waals surface area contributed by atoms with E-state index in [1.54, 1.807) is 6.92 Å². The van der Waals surface area contributed by atoms with Crippen LogP contribution in [0.1, 0.15) is 65.5 Å². The number of carbonyl (C=O) groups excluding carboxylic acids is 2. The van der Waals surface area contributed by atoms with Crippen LogP contribution in [-0.4, -0.2) is 95.2 Å². The van der Waals surface area contributed by atoms with Crippen molar-refractivity contribution in [3.8, 4) is 0 Å². The molecule has 42 heavy (non-hydrogen) atoms. The lowest BCUT2D eigenvalue weighted by Crippen LogP contribution is -2.58. The second kappa shape index (κ2) is 18.7. The number of hydrogen-bond donors (Lipinski definition) is 1. The smallest absolute Gasteiger partial charge is 0.307 e. The quantitative estimate of drug-likeness (QED) is 0.339. The molecule has 2 atom stereocenters. The Labute approximate surface area is 253 Å². The predicted octanol–water partition coefficient (Wildman–Crippen LogP) is 4.75. The van der Waals surface area contributed by atoms with Gasteiger partial charge in [-0.25, -0.2) is 0 Å². The van der Waals surface area contributed by atoms with Gasteiger partial charge >= 0.3 is 11.9 Å². The van der Waals surface area contributed by atoms with Crippen molar-refractivity contribution in [2.24, 2.45) is 0 Å². The number of esters is 2. The molecule has 234 valence electrons. The summed E-state index contributed by atoms with van der Waals surface area (Å²) in [6.07, 6.45) is 0.699. The number of likely N-dealkylation sites (N-methyl/N-ethyl adjacent to an activating group) is 1. The molecule has 1 aliphatic heterocycles. The highest BCUT2D eigenvalue weighted by atomic mass is 16.5. The number of nitrogens with zero attached hydrogens (tertiary/aromatic N) is 3. The monoisotopic (exact) mass is 583 g/mol. The maximum Gasteiger partial charge on any atom is 0.307 e. The van der Waals surface area contributed by atoms with E-state index in [2.05, 4.69) is 49.3 Å². The van der Waals surface area contributed by atoms with Gasteiger partial charge in [0, 0.05) is 50.4 Å². The van der Waals surface area contributed by atoms with Crippen molar-refractivity contribution in [2.75, 3.05) is 45.9 Å². The number of rotatable bonds is 13. The summed E-state index contributed by atoms with van der Waals surface area (Å²) in [7, 11) is 0. The van der Waals surface area contributed by atoms with E-state index in [0.29, 0.717) is 26.1 Å². The maximum atomic E-state index is 12.7. The van der Waals surface area contributed by atoms with Crippen LogP contribution in [0.2, 0.25) is 0 Å². The Kier molecular flexibility index (Phi) is 15.8. The third kappa shape index (κ3) is 11.8. The second-order valence-corrected chi connectivity index (χ2v) is 11.3. The summed E-state index contributed by atoms with van der Waals surface area (Å²) in [5, 5.41) is 7.57. The first-order valence-electron chi connectivity index (χ1n) is 15.4. The molecule has 8 nitrogen and oxygen atoms in total. The van der Waals surface area contributed by atoms with Crippen molar-refractivity contribution in [2.45, 2.75) is 85.2 Å². The molecule has 2 aromatic carbocycles. The van der Waals surface area contributed by atoms with E-state index in [1.807, 2.05) is 60.7 Å². The third-order valence-corrected chi connectivity index (χ3v) is 7.94. The van der Waals surface area contributed by atoms with E-state index in [0.717, 1.165) is 50.4 Å². The Balaban J connectivity index is 0.00000197. The van der Waals surface area contributed by atoms with Gasteiger partial charge in [0.15, 0.2) is 0 Å². The van der Waals surface area contributed by atoms with E-state index in [1.165, 1.54) is 0 Å². The molecule has 2 aromatic rings. The summed E-state index contributed by atoms with van der Waals surface area (Å²) >= 11 is 0. The topological polar surface area (TPSA) is 82.6 Å². The first kappa shape index (κ1) is 35.4. The summed E-state index contributed by atoms with van der Waals surface area (Å²) in [6, 6.07) is 19.7. The van der Waals surface area contributed by atoms with Gasteiger partial charge in [0.05, 0.1) is 12.8 Å². The fourth-order valence-corrected chi connectivity index (χ4v) is 5.61. The first-order chi connectivity index (χ1) is 20.1. The van der Waals surface area contributed by atoms with E-state index in [4.69, 9.17) is 14.6 Å². The lowest BCUT2D eigenvalue weighted by atomic mass is 9.96.